The fraction of sp³-hybridized carbons (Fsp3) is 0.438. The zero-order valence-corrected chi connectivity index (χ0v) is 13.5. The number of nitrogens with one attached hydrogen (secondary N) is 1. The first-order valence-corrected chi connectivity index (χ1v) is 7.67. The van der Waals surface area contributed by atoms with Crippen molar-refractivity contribution in [3.8, 4) is 5.75 Å². The normalized spacial score (nSPS) is 22.1. The summed E-state index contributed by atoms with van der Waals surface area (Å²) >= 11 is 6.37. The van der Waals surface area contributed by atoms with Crippen molar-refractivity contribution in [2.45, 2.75) is 25.1 Å². The third kappa shape index (κ3) is 3.11. The number of hydrogen-bond donors (Lipinski definition) is 1. The molecule has 2 aromatic rings. The first-order chi connectivity index (χ1) is 10.7. The number of rotatable bonds is 5. The summed E-state index contributed by atoms with van der Waals surface area (Å²) in [4.78, 5) is 9.96. The zero-order chi connectivity index (χ0) is 15.5. The van der Waals surface area contributed by atoms with E-state index in [0.29, 0.717) is 0 Å². The number of ether oxygens (including phenoxy) is 2. The number of benzene rings is 1. The maximum atomic E-state index is 6.37. The van der Waals surface area contributed by atoms with E-state index >= 15 is 0 Å². The lowest BCUT2D eigenvalue weighted by molar-refractivity contribution is 0.107. The van der Waals surface area contributed by atoms with E-state index in [0.717, 1.165) is 41.7 Å². The van der Waals surface area contributed by atoms with Gasteiger partial charge in [0.2, 0.25) is 0 Å². The van der Waals surface area contributed by atoms with Crippen molar-refractivity contribution in [2.75, 3.05) is 20.8 Å². The van der Waals surface area contributed by atoms with Crippen LogP contribution in [0.3, 0.4) is 0 Å². The van der Waals surface area contributed by atoms with Gasteiger partial charge in [0.25, 0.3) is 0 Å². The van der Waals surface area contributed by atoms with Gasteiger partial charge in [-0.05, 0) is 24.1 Å². The molecule has 3 rings (SSSR count). The first-order valence-electron chi connectivity index (χ1n) is 7.29. The van der Waals surface area contributed by atoms with Gasteiger partial charge in [-0.15, -0.1) is 0 Å². The van der Waals surface area contributed by atoms with E-state index < -0.39 is 0 Å². The largest absolute Gasteiger partial charge is 0.497 e. The molecule has 118 valence electrons. The Morgan fingerprint density at radius 2 is 2.27 bits per heavy atom. The SMILES string of the molecule is COc1ccc(CN2C[C@H](OC)CC2c2ncc[nH]2)c(Cl)c1. The summed E-state index contributed by atoms with van der Waals surface area (Å²) in [7, 11) is 3.40. The molecule has 1 aliphatic heterocycles. The number of aromatic nitrogens is 2. The quantitative estimate of drug-likeness (QED) is 0.919. The van der Waals surface area contributed by atoms with Crippen LogP contribution in [0, 0.1) is 0 Å². The molecule has 1 aromatic heterocycles. The van der Waals surface area contributed by atoms with Crippen LogP contribution >= 0.6 is 11.6 Å². The van der Waals surface area contributed by atoms with E-state index in [1.165, 1.54) is 0 Å². The minimum Gasteiger partial charge on any atom is -0.497 e. The van der Waals surface area contributed by atoms with Gasteiger partial charge in [0.15, 0.2) is 0 Å². The highest BCUT2D eigenvalue weighted by atomic mass is 35.5. The van der Waals surface area contributed by atoms with Crippen LogP contribution in [0.1, 0.15) is 23.9 Å². The predicted octanol–water partition coefficient (Wildman–Crippen LogP) is 3.03. The highest BCUT2D eigenvalue weighted by molar-refractivity contribution is 6.31. The number of nitrogens with zero attached hydrogens (tertiary/aromatic N) is 2. The average molecular weight is 322 g/mol. The van der Waals surface area contributed by atoms with Crippen LogP contribution in [0.4, 0.5) is 0 Å². The van der Waals surface area contributed by atoms with Crippen LogP contribution in [0.25, 0.3) is 0 Å². The molecule has 22 heavy (non-hydrogen) atoms. The number of methoxy groups -OCH3 is 2. The summed E-state index contributed by atoms with van der Waals surface area (Å²) in [5.74, 6) is 1.75. The molecule has 2 heterocycles. The second-order valence-electron chi connectivity index (χ2n) is 5.47. The molecule has 1 unspecified atom stereocenters. The minimum absolute atomic E-state index is 0.215. The van der Waals surface area contributed by atoms with Crippen LogP contribution in [0.5, 0.6) is 5.75 Å². The molecular weight excluding hydrogens is 302 g/mol. The molecule has 6 heteroatoms. The van der Waals surface area contributed by atoms with Gasteiger partial charge in [-0.3, -0.25) is 4.90 Å². The molecule has 0 aliphatic carbocycles. The van der Waals surface area contributed by atoms with Crippen LogP contribution in [-0.2, 0) is 11.3 Å². The monoisotopic (exact) mass is 321 g/mol. The molecule has 5 nitrogen and oxygen atoms in total. The lowest BCUT2D eigenvalue weighted by atomic mass is 10.1. The smallest absolute Gasteiger partial charge is 0.123 e. The molecule has 1 fully saturated rings. The molecule has 1 N–H and O–H groups in total. The van der Waals surface area contributed by atoms with Crippen molar-refractivity contribution in [1.82, 2.24) is 14.9 Å². The highest BCUT2D eigenvalue weighted by Crippen LogP contribution is 2.34. The first kappa shape index (κ1) is 15.3. The van der Waals surface area contributed by atoms with Gasteiger partial charge in [0.1, 0.15) is 11.6 Å². The predicted molar refractivity (Wildman–Crippen MR) is 85.2 cm³/mol. The third-order valence-corrected chi connectivity index (χ3v) is 4.52. The van der Waals surface area contributed by atoms with Gasteiger partial charge < -0.3 is 14.5 Å². The van der Waals surface area contributed by atoms with Gasteiger partial charge >= 0.3 is 0 Å². The Morgan fingerprint density at radius 3 is 2.91 bits per heavy atom. The summed E-state index contributed by atoms with van der Waals surface area (Å²) in [5.41, 5.74) is 1.08. The number of imidazole rings is 1. The van der Waals surface area contributed by atoms with E-state index in [2.05, 4.69) is 14.9 Å². The Morgan fingerprint density at radius 1 is 1.41 bits per heavy atom. The van der Waals surface area contributed by atoms with Crippen LogP contribution < -0.4 is 4.74 Å². The molecular formula is C16H20ClN3O2. The molecule has 1 saturated heterocycles. The topological polar surface area (TPSA) is 50.4 Å². The summed E-state index contributed by atoms with van der Waals surface area (Å²) in [5, 5.41) is 0.721. The Bertz CT molecular complexity index is 618. The van der Waals surface area contributed by atoms with Crippen molar-refractivity contribution in [3.63, 3.8) is 0 Å². The Labute approximate surface area is 135 Å². The zero-order valence-electron chi connectivity index (χ0n) is 12.8. The molecule has 0 saturated carbocycles. The lowest BCUT2D eigenvalue weighted by Gasteiger charge is -2.23. The Hall–Kier alpha value is -1.56. The molecule has 0 bridgehead atoms. The third-order valence-electron chi connectivity index (χ3n) is 4.17. The highest BCUT2D eigenvalue weighted by Gasteiger charge is 2.34. The van der Waals surface area contributed by atoms with Gasteiger partial charge in [-0.25, -0.2) is 4.98 Å². The summed E-state index contributed by atoms with van der Waals surface area (Å²) < 4.78 is 10.7. The number of hydrogen-bond acceptors (Lipinski definition) is 4. The van der Waals surface area contributed by atoms with Crippen molar-refractivity contribution in [3.05, 3.63) is 47.0 Å². The van der Waals surface area contributed by atoms with Crippen molar-refractivity contribution < 1.29 is 9.47 Å². The maximum Gasteiger partial charge on any atom is 0.123 e. The van der Waals surface area contributed by atoms with Gasteiger partial charge in [-0.1, -0.05) is 17.7 Å². The average Bonchev–Trinajstić information content (AvgIpc) is 3.18. The fourth-order valence-corrected chi connectivity index (χ4v) is 3.18. The van der Waals surface area contributed by atoms with E-state index in [4.69, 9.17) is 21.1 Å². The molecule has 2 atom stereocenters. The number of H-pyrrole nitrogens is 1. The lowest BCUT2D eigenvalue weighted by Crippen LogP contribution is -2.25. The summed E-state index contributed by atoms with van der Waals surface area (Å²) in [6.45, 7) is 1.62. The van der Waals surface area contributed by atoms with E-state index in [1.54, 1.807) is 20.4 Å². The molecule has 1 aromatic carbocycles. The van der Waals surface area contributed by atoms with E-state index in [-0.39, 0.29) is 12.1 Å². The Kier molecular flexibility index (Phi) is 4.66. The number of aromatic amines is 1. The maximum absolute atomic E-state index is 6.37. The second kappa shape index (κ2) is 6.69. The molecule has 1 aliphatic rings. The van der Waals surface area contributed by atoms with Crippen molar-refractivity contribution in [1.29, 1.82) is 0 Å². The van der Waals surface area contributed by atoms with Gasteiger partial charge in [0.05, 0.1) is 19.3 Å². The van der Waals surface area contributed by atoms with Crippen molar-refractivity contribution >= 4 is 11.6 Å². The standard InChI is InChI=1S/C16H20ClN3O2/c1-21-12-4-3-11(14(17)7-12)9-20-10-13(22-2)8-15(20)16-18-5-6-19-16/h3-7,13,15H,8-10H2,1-2H3,(H,18,19)/t13-,15?/m1/s1. The van der Waals surface area contributed by atoms with E-state index in [1.807, 2.05) is 24.4 Å². The number of likely N-dealkylation sites (tertiary alicyclic amines) is 1. The van der Waals surface area contributed by atoms with E-state index in [9.17, 15) is 0 Å². The van der Waals surface area contributed by atoms with Crippen LogP contribution in [0.15, 0.2) is 30.6 Å². The minimum atomic E-state index is 0.215. The van der Waals surface area contributed by atoms with Crippen molar-refractivity contribution in [2.24, 2.45) is 0 Å². The van der Waals surface area contributed by atoms with Crippen LogP contribution in [0.2, 0.25) is 5.02 Å². The second-order valence-corrected chi connectivity index (χ2v) is 5.88. The summed E-state index contributed by atoms with van der Waals surface area (Å²) in [6, 6.07) is 6.02. The Balaban J connectivity index is 1.80. The molecule has 0 spiro atoms. The van der Waals surface area contributed by atoms with Crippen LogP contribution in [-0.4, -0.2) is 41.7 Å². The molecule has 0 radical (unpaired) electrons. The van der Waals surface area contributed by atoms with Gasteiger partial charge in [0, 0.05) is 37.6 Å². The number of halogens is 1. The molecule has 0 amide bonds. The summed E-state index contributed by atoms with van der Waals surface area (Å²) in [6.07, 6.45) is 4.78. The fourth-order valence-electron chi connectivity index (χ4n) is 2.95. The van der Waals surface area contributed by atoms with Gasteiger partial charge in [-0.2, -0.15) is 0 Å².